The van der Waals surface area contributed by atoms with E-state index < -0.39 is 0 Å². The first-order chi connectivity index (χ1) is 11.7. The molecule has 120 valence electrons. The van der Waals surface area contributed by atoms with Crippen molar-refractivity contribution in [2.45, 2.75) is 6.54 Å². The summed E-state index contributed by atoms with van der Waals surface area (Å²) in [5, 5.41) is 5.88. The van der Waals surface area contributed by atoms with Gasteiger partial charge in [0.2, 0.25) is 0 Å². The van der Waals surface area contributed by atoms with E-state index in [9.17, 15) is 9.18 Å². The maximum atomic E-state index is 13.2. The second kappa shape index (κ2) is 7.37. The smallest absolute Gasteiger partial charge is 0.253 e. The Morgan fingerprint density at radius 3 is 2.58 bits per heavy atom. The molecule has 3 aromatic rings. The summed E-state index contributed by atoms with van der Waals surface area (Å²) in [4.78, 5) is 16.3. The largest absolute Gasteiger partial charge is 0.354 e. The molecule has 0 aliphatic carbocycles. The molecule has 1 amide bonds. The van der Waals surface area contributed by atoms with Crippen LogP contribution in [0, 0.1) is 5.82 Å². The van der Waals surface area contributed by atoms with E-state index in [1.54, 1.807) is 24.4 Å². The molecule has 0 aliphatic heterocycles. The van der Waals surface area contributed by atoms with E-state index in [0.29, 0.717) is 23.5 Å². The average molecular weight is 321 g/mol. The summed E-state index contributed by atoms with van der Waals surface area (Å²) in [5.41, 5.74) is 2.67. The number of carbonyl (C=O) groups excluding carboxylic acids is 1. The van der Waals surface area contributed by atoms with Crippen molar-refractivity contribution in [1.82, 2.24) is 10.3 Å². The van der Waals surface area contributed by atoms with Gasteiger partial charge in [-0.15, -0.1) is 0 Å². The van der Waals surface area contributed by atoms with Gasteiger partial charge in [-0.1, -0.05) is 36.4 Å². The van der Waals surface area contributed by atoms with E-state index in [2.05, 4.69) is 15.6 Å². The normalized spacial score (nSPS) is 10.2. The Morgan fingerprint density at radius 2 is 1.79 bits per heavy atom. The maximum Gasteiger partial charge on any atom is 0.253 e. The van der Waals surface area contributed by atoms with Crippen LogP contribution in [0.25, 0.3) is 0 Å². The molecule has 0 aliphatic rings. The Balaban J connectivity index is 1.67. The van der Waals surface area contributed by atoms with E-state index in [1.807, 2.05) is 30.3 Å². The molecule has 0 radical (unpaired) electrons. The van der Waals surface area contributed by atoms with Crippen LogP contribution in [0.5, 0.6) is 0 Å². The van der Waals surface area contributed by atoms with Crippen molar-refractivity contribution in [1.29, 1.82) is 0 Å². The Morgan fingerprint density at radius 1 is 0.958 bits per heavy atom. The van der Waals surface area contributed by atoms with Gasteiger partial charge in [-0.2, -0.15) is 0 Å². The van der Waals surface area contributed by atoms with Crippen molar-refractivity contribution in [2.75, 3.05) is 5.32 Å². The van der Waals surface area contributed by atoms with Crippen LogP contribution in [-0.2, 0) is 6.54 Å². The molecule has 1 heterocycles. The second-order valence-corrected chi connectivity index (χ2v) is 5.27. The van der Waals surface area contributed by atoms with Crippen molar-refractivity contribution in [2.24, 2.45) is 0 Å². The zero-order chi connectivity index (χ0) is 16.8. The van der Waals surface area contributed by atoms with Crippen molar-refractivity contribution >= 4 is 17.3 Å². The van der Waals surface area contributed by atoms with Crippen LogP contribution in [0.4, 0.5) is 15.8 Å². The number of pyridine rings is 1. The standard InChI is InChI=1S/C19H16FN3O/c20-16-7-4-8-17(10-16)23-18-9-15(12-21-13-18)19(24)22-11-14-5-2-1-3-6-14/h1-10,12-13,23H,11H2,(H,22,24). The van der Waals surface area contributed by atoms with Crippen molar-refractivity contribution in [3.8, 4) is 0 Å². The molecule has 0 fully saturated rings. The van der Waals surface area contributed by atoms with Crippen molar-refractivity contribution in [3.05, 3.63) is 90.0 Å². The predicted molar refractivity (Wildman–Crippen MR) is 91.5 cm³/mol. The van der Waals surface area contributed by atoms with Crippen LogP contribution >= 0.6 is 0 Å². The highest BCUT2D eigenvalue weighted by Gasteiger charge is 2.07. The minimum Gasteiger partial charge on any atom is -0.354 e. The van der Waals surface area contributed by atoms with Gasteiger partial charge in [0.15, 0.2) is 0 Å². The van der Waals surface area contributed by atoms with Crippen LogP contribution in [0.15, 0.2) is 73.1 Å². The van der Waals surface area contributed by atoms with Crippen LogP contribution in [0.2, 0.25) is 0 Å². The Kier molecular flexibility index (Phi) is 4.81. The molecule has 1 aromatic heterocycles. The minimum absolute atomic E-state index is 0.214. The van der Waals surface area contributed by atoms with Crippen LogP contribution in [-0.4, -0.2) is 10.9 Å². The third-order valence-electron chi connectivity index (χ3n) is 3.41. The molecule has 0 atom stereocenters. The number of hydrogen-bond acceptors (Lipinski definition) is 3. The fraction of sp³-hybridized carbons (Fsp3) is 0.0526. The molecule has 2 aromatic carbocycles. The summed E-state index contributed by atoms with van der Waals surface area (Å²) in [7, 11) is 0. The lowest BCUT2D eigenvalue weighted by atomic mass is 10.2. The van der Waals surface area contributed by atoms with E-state index in [4.69, 9.17) is 0 Å². The van der Waals surface area contributed by atoms with Gasteiger partial charge in [-0.3, -0.25) is 9.78 Å². The summed E-state index contributed by atoms with van der Waals surface area (Å²) in [6, 6.07) is 17.4. The molecular formula is C19H16FN3O. The molecule has 0 saturated carbocycles. The number of aromatic nitrogens is 1. The van der Waals surface area contributed by atoms with Crippen molar-refractivity contribution < 1.29 is 9.18 Å². The Labute approximate surface area is 139 Å². The molecule has 4 nitrogen and oxygen atoms in total. The summed E-state index contributed by atoms with van der Waals surface area (Å²) >= 11 is 0. The number of anilines is 2. The molecule has 24 heavy (non-hydrogen) atoms. The van der Waals surface area contributed by atoms with E-state index in [0.717, 1.165) is 5.56 Å². The van der Waals surface area contributed by atoms with E-state index in [1.165, 1.54) is 18.3 Å². The first-order valence-electron chi connectivity index (χ1n) is 7.50. The number of carbonyl (C=O) groups is 1. The van der Waals surface area contributed by atoms with E-state index in [-0.39, 0.29) is 11.7 Å². The number of hydrogen-bond donors (Lipinski definition) is 2. The number of nitrogens with one attached hydrogen (secondary N) is 2. The molecule has 0 bridgehead atoms. The van der Waals surface area contributed by atoms with Crippen LogP contribution < -0.4 is 10.6 Å². The minimum atomic E-state index is -0.329. The summed E-state index contributed by atoms with van der Waals surface area (Å²) in [6.07, 6.45) is 3.08. The monoisotopic (exact) mass is 321 g/mol. The molecular weight excluding hydrogens is 305 g/mol. The van der Waals surface area contributed by atoms with Gasteiger partial charge in [-0.25, -0.2) is 4.39 Å². The van der Waals surface area contributed by atoms with E-state index >= 15 is 0 Å². The SMILES string of the molecule is O=C(NCc1ccccc1)c1cncc(Nc2cccc(F)c2)c1. The maximum absolute atomic E-state index is 13.2. The quantitative estimate of drug-likeness (QED) is 0.749. The molecule has 0 saturated heterocycles. The summed E-state index contributed by atoms with van der Waals surface area (Å²) in [5.74, 6) is -0.543. The average Bonchev–Trinajstić information content (AvgIpc) is 2.61. The topological polar surface area (TPSA) is 54.0 Å². The van der Waals surface area contributed by atoms with Gasteiger partial charge in [0, 0.05) is 18.4 Å². The lowest BCUT2D eigenvalue weighted by Crippen LogP contribution is -2.22. The lowest BCUT2D eigenvalue weighted by Gasteiger charge is -2.09. The Bertz CT molecular complexity index is 837. The van der Waals surface area contributed by atoms with Gasteiger partial charge >= 0.3 is 0 Å². The predicted octanol–water partition coefficient (Wildman–Crippen LogP) is 3.89. The highest BCUT2D eigenvalue weighted by molar-refractivity contribution is 5.94. The third-order valence-corrected chi connectivity index (χ3v) is 3.41. The van der Waals surface area contributed by atoms with Crippen LogP contribution in [0.1, 0.15) is 15.9 Å². The molecule has 3 rings (SSSR count). The zero-order valence-electron chi connectivity index (χ0n) is 12.9. The zero-order valence-corrected chi connectivity index (χ0v) is 12.9. The number of amides is 1. The van der Waals surface area contributed by atoms with Gasteiger partial charge in [0.25, 0.3) is 5.91 Å². The third kappa shape index (κ3) is 4.16. The highest BCUT2D eigenvalue weighted by Crippen LogP contribution is 2.17. The first-order valence-corrected chi connectivity index (χ1v) is 7.50. The van der Waals surface area contributed by atoms with Crippen molar-refractivity contribution in [3.63, 3.8) is 0 Å². The van der Waals surface area contributed by atoms with Gasteiger partial charge in [-0.05, 0) is 29.8 Å². The van der Waals surface area contributed by atoms with Gasteiger partial charge in [0.1, 0.15) is 5.82 Å². The number of benzene rings is 2. The first kappa shape index (κ1) is 15.7. The Hall–Kier alpha value is -3.21. The molecule has 2 N–H and O–H groups in total. The molecule has 0 spiro atoms. The van der Waals surface area contributed by atoms with Crippen LogP contribution in [0.3, 0.4) is 0 Å². The van der Waals surface area contributed by atoms with Gasteiger partial charge < -0.3 is 10.6 Å². The molecule has 0 unspecified atom stereocenters. The van der Waals surface area contributed by atoms with Gasteiger partial charge in [0.05, 0.1) is 17.4 Å². The summed E-state index contributed by atoms with van der Waals surface area (Å²) < 4.78 is 13.2. The fourth-order valence-electron chi connectivity index (χ4n) is 2.25. The second-order valence-electron chi connectivity index (χ2n) is 5.27. The molecule has 5 heteroatoms. The highest BCUT2D eigenvalue weighted by atomic mass is 19.1. The number of rotatable bonds is 5. The summed E-state index contributed by atoms with van der Waals surface area (Å²) in [6.45, 7) is 0.446. The number of nitrogens with zero attached hydrogens (tertiary/aromatic N) is 1. The number of halogens is 1. The fourth-order valence-corrected chi connectivity index (χ4v) is 2.25. The lowest BCUT2D eigenvalue weighted by molar-refractivity contribution is 0.0950.